The predicted molar refractivity (Wildman–Crippen MR) is 59.4 cm³/mol. The minimum Gasteiger partial charge on any atom is -0.378 e. The van der Waals surface area contributed by atoms with Crippen molar-refractivity contribution < 1.29 is 4.74 Å². The van der Waals surface area contributed by atoms with Crippen LogP contribution in [0.4, 0.5) is 5.82 Å². The molecule has 1 aromatic rings. The number of anilines is 1. The van der Waals surface area contributed by atoms with E-state index in [2.05, 4.69) is 21.8 Å². The molecule has 1 saturated heterocycles. The van der Waals surface area contributed by atoms with E-state index < -0.39 is 0 Å². The van der Waals surface area contributed by atoms with E-state index >= 15 is 0 Å². The van der Waals surface area contributed by atoms with Gasteiger partial charge in [0.05, 0.1) is 6.10 Å². The maximum atomic E-state index is 6.02. The summed E-state index contributed by atoms with van der Waals surface area (Å²) in [4.78, 5) is 10.4. The van der Waals surface area contributed by atoms with Crippen LogP contribution < -0.4 is 4.90 Å². The summed E-state index contributed by atoms with van der Waals surface area (Å²) in [5.74, 6) is 0.950. The molecule has 1 aromatic heterocycles. The van der Waals surface area contributed by atoms with Crippen LogP contribution in [0.25, 0.3) is 0 Å². The predicted octanol–water partition coefficient (Wildman–Crippen LogP) is 1.53. The van der Waals surface area contributed by atoms with Crippen LogP contribution in [0.1, 0.15) is 12.5 Å². The highest BCUT2D eigenvalue weighted by molar-refractivity contribution is 6.30. The van der Waals surface area contributed by atoms with Gasteiger partial charge in [-0.1, -0.05) is 18.5 Å². The standard InChI is InChI=1S/C10H14ClN3O/c1-3-8-9(11)12-6-13-10(8)14-4-7(5-14)15-2/h6-7H,3-5H2,1-2H3. The van der Waals surface area contributed by atoms with Crippen LogP contribution in [0.5, 0.6) is 0 Å². The minimum absolute atomic E-state index is 0.323. The number of ether oxygens (including phenoxy) is 1. The highest BCUT2D eigenvalue weighted by atomic mass is 35.5. The lowest BCUT2D eigenvalue weighted by Gasteiger charge is -2.39. The first-order chi connectivity index (χ1) is 7.26. The zero-order valence-corrected chi connectivity index (χ0v) is 9.66. The fourth-order valence-corrected chi connectivity index (χ4v) is 1.98. The molecule has 0 aliphatic carbocycles. The smallest absolute Gasteiger partial charge is 0.137 e. The Morgan fingerprint density at radius 3 is 2.87 bits per heavy atom. The van der Waals surface area contributed by atoms with Crippen molar-refractivity contribution >= 4 is 17.4 Å². The SMILES string of the molecule is CCc1c(Cl)ncnc1N1CC(OC)C1. The van der Waals surface area contributed by atoms with Crippen LogP contribution in [0.2, 0.25) is 5.15 Å². The van der Waals surface area contributed by atoms with Crippen molar-refractivity contribution in [3.8, 4) is 0 Å². The van der Waals surface area contributed by atoms with Gasteiger partial charge in [-0.3, -0.25) is 0 Å². The second-order valence-electron chi connectivity index (χ2n) is 3.58. The molecule has 0 amide bonds. The first-order valence-electron chi connectivity index (χ1n) is 5.03. The Bertz CT molecular complexity index is 353. The van der Waals surface area contributed by atoms with Gasteiger partial charge in [-0.25, -0.2) is 9.97 Å². The zero-order chi connectivity index (χ0) is 10.8. The summed E-state index contributed by atoms with van der Waals surface area (Å²) in [7, 11) is 1.73. The molecule has 1 aliphatic heterocycles. The Balaban J connectivity index is 2.18. The van der Waals surface area contributed by atoms with Gasteiger partial charge in [0.2, 0.25) is 0 Å². The molecular weight excluding hydrogens is 214 g/mol. The van der Waals surface area contributed by atoms with Crippen LogP contribution in [0, 0.1) is 0 Å². The Kier molecular flexibility index (Phi) is 3.07. The van der Waals surface area contributed by atoms with E-state index in [9.17, 15) is 0 Å². The summed E-state index contributed by atoms with van der Waals surface area (Å²) in [6.07, 6.45) is 2.68. The summed E-state index contributed by atoms with van der Waals surface area (Å²) in [5.41, 5.74) is 1.02. The third-order valence-corrected chi connectivity index (χ3v) is 3.03. The highest BCUT2D eigenvalue weighted by Crippen LogP contribution is 2.27. The first kappa shape index (κ1) is 10.6. The molecular formula is C10H14ClN3O. The molecule has 0 radical (unpaired) electrons. The average molecular weight is 228 g/mol. The largest absolute Gasteiger partial charge is 0.378 e. The monoisotopic (exact) mass is 227 g/mol. The molecule has 0 unspecified atom stereocenters. The van der Waals surface area contributed by atoms with Gasteiger partial charge in [0.1, 0.15) is 17.3 Å². The van der Waals surface area contributed by atoms with Gasteiger partial charge in [-0.15, -0.1) is 0 Å². The minimum atomic E-state index is 0.323. The van der Waals surface area contributed by atoms with Crippen molar-refractivity contribution in [3.63, 3.8) is 0 Å². The third kappa shape index (κ3) is 1.92. The average Bonchev–Trinajstić information content (AvgIpc) is 2.16. The van der Waals surface area contributed by atoms with E-state index in [0.29, 0.717) is 11.3 Å². The summed E-state index contributed by atoms with van der Waals surface area (Å²) < 4.78 is 5.22. The van der Waals surface area contributed by atoms with Crippen molar-refractivity contribution in [1.82, 2.24) is 9.97 Å². The second kappa shape index (κ2) is 4.33. The van der Waals surface area contributed by atoms with Crippen LogP contribution >= 0.6 is 11.6 Å². The number of hydrogen-bond acceptors (Lipinski definition) is 4. The lowest BCUT2D eigenvalue weighted by Crippen LogP contribution is -2.52. The summed E-state index contributed by atoms with van der Waals surface area (Å²) in [6.45, 7) is 3.83. The fourth-order valence-electron chi connectivity index (χ4n) is 1.72. The molecule has 0 N–H and O–H groups in total. The summed E-state index contributed by atoms with van der Waals surface area (Å²) in [5, 5.41) is 0.559. The number of halogens is 1. The topological polar surface area (TPSA) is 38.2 Å². The van der Waals surface area contributed by atoms with Crippen molar-refractivity contribution in [2.75, 3.05) is 25.1 Å². The zero-order valence-electron chi connectivity index (χ0n) is 8.90. The van der Waals surface area contributed by atoms with E-state index in [1.807, 2.05) is 0 Å². The van der Waals surface area contributed by atoms with Crippen LogP contribution in [-0.4, -0.2) is 36.3 Å². The summed E-state index contributed by atoms with van der Waals surface area (Å²) in [6, 6.07) is 0. The Morgan fingerprint density at radius 2 is 2.27 bits per heavy atom. The molecule has 0 spiro atoms. The van der Waals surface area contributed by atoms with Gasteiger partial charge in [-0.05, 0) is 6.42 Å². The van der Waals surface area contributed by atoms with E-state index in [0.717, 1.165) is 30.9 Å². The Labute approximate surface area is 94.2 Å². The van der Waals surface area contributed by atoms with E-state index in [1.54, 1.807) is 7.11 Å². The van der Waals surface area contributed by atoms with Gasteiger partial charge in [0.15, 0.2) is 0 Å². The van der Waals surface area contributed by atoms with Gasteiger partial charge in [0.25, 0.3) is 0 Å². The molecule has 2 rings (SSSR count). The second-order valence-corrected chi connectivity index (χ2v) is 3.94. The number of aromatic nitrogens is 2. The molecule has 5 heteroatoms. The Morgan fingerprint density at radius 1 is 1.53 bits per heavy atom. The quantitative estimate of drug-likeness (QED) is 0.734. The number of rotatable bonds is 3. The van der Waals surface area contributed by atoms with Crippen molar-refractivity contribution in [1.29, 1.82) is 0 Å². The maximum absolute atomic E-state index is 6.02. The van der Waals surface area contributed by atoms with Crippen LogP contribution in [-0.2, 0) is 11.2 Å². The van der Waals surface area contributed by atoms with Gasteiger partial charge in [-0.2, -0.15) is 0 Å². The molecule has 0 bridgehead atoms. The van der Waals surface area contributed by atoms with Crippen molar-refractivity contribution in [2.24, 2.45) is 0 Å². The van der Waals surface area contributed by atoms with Gasteiger partial charge >= 0.3 is 0 Å². The number of nitrogens with zero attached hydrogens (tertiary/aromatic N) is 3. The van der Waals surface area contributed by atoms with Crippen molar-refractivity contribution in [2.45, 2.75) is 19.4 Å². The molecule has 82 valence electrons. The molecule has 4 nitrogen and oxygen atoms in total. The lowest BCUT2D eigenvalue weighted by atomic mass is 10.1. The van der Waals surface area contributed by atoms with Gasteiger partial charge < -0.3 is 9.64 Å². The first-order valence-corrected chi connectivity index (χ1v) is 5.41. The molecule has 0 atom stereocenters. The van der Waals surface area contributed by atoms with Crippen LogP contribution in [0.3, 0.4) is 0 Å². The fraction of sp³-hybridized carbons (Fsp3) is 0.600. The molecule has 0 saturated carbocycles. The highest BCUT2D eigenvalue weighted by Gasteiger charge is 2.29. The van der Waals surface area contributed by atoms with E-state index in [4.69, 9.17) is 16.3 Å². The van der Waals surface area contributed by atoms with Crippen molar-refractivity contribution in [3.05, 3.63) is 17.0 Å². The molecule has 2 heterocycles. The number of hydrogen-bond donors (Lipinski definition) is 0. The number of methoxy groups -OCH3 is 1. The maximum Gasteiger partial charge on any atom is 0.137 e. The molecule has 0 aromatic carbocycles. The normalized spacial score (nSPS) is 16.6. The van der Waals surface area contributed by atoms with Crippen LogP contribution in [0.15, 0.2) is 6.33 Å². The molecule has 1 fully saturated rings. The molecule has 1 aliphatic rings. The summed E-state index contributed by atoms with van der Waals surface area (Å²) >= 11 is 6.02. The van der Waals surface area contributed by atoms with Gasteiger partial charge in [0, 0.05) is 25.8 Å². The Hall–Kier alpha value is -0.870. The molecule has 15 heavy (non-hydrogen) atoms. The lowest BCUT2D eigenvalue weighted by molar-refractivity contribution is 0.0782. The third-order valence-electron chi connectivity index (χ3n) is 2.70. The van der Waals surface area contributed by atoms with E-state index in [-0.39, 0.29) is 0 Å². The van der Waals surface area contributed by atoms with E-state index in [1.165, 1.54) is 6.33 Å².